The minimum absolute atomic E-state index is 0.0421. The summed E-state index contributed by atoms with van der Waals surface area (Å²) in [7, 11) is 0. The molecule has 1 aliphatic rings. The number of thioether (sulfide) groups is 1. The zero-order valence-corrected chi connectivity index (χ0v) is 18.3. The molecule has 0 aliphatic heterocycles. The number of benzene rings is 2. The maximum absolute atomic E-state index is 13.3. The van der Waals surface area contributed by atoms with Crippen molar-refractivity contribution in [3.8, 4) is 0 Å². The van der Waals surface area contributed by atoms with Crippen molar-refractivity contribution in [3.05, 3.63) is 70.3 Å². The lowest BCUT2D eigenvalue weighted by molar-refractivity contribution is -0.119. The third kappa shape index (κ3) is 5.15. The van der Waals surface area contributed by atoms with E-state index in [2.05, 4.69) is 17.2 Å². The lowest BCUT2D eigenvalue weighted by Crippen LogP contribution is -2.42. The van der Waals surface area contributed by atoms with Gasteiger partial charge in [-0.15, -0.1) is 0 Å². The van der Waals surface area contributed by atoms with Gasteiger partial charge < -0.3 is 5.32 Å². The van der Waals surface area contributed by atoms with Crippen LogP contribution in [0.2, 0.25) is 0 Å². The van der Waals surface area contributed by atoms with Crippen molar-refractivity contribution in [2.75, 3.05) is 5.75 Å². The van der Waals surface area contributed by atoms with Crippen molar-refractivity contribution in [1.29, 1.82) is 0 Å². The van der Waals surface area contributed by atoms with Gasteiger partial charge in [0.05, 0.1) is 23.2 Å². The molecule has 4 rings (SSSR count). The monoisotopic (exact) mass is 439 g/mol. The maximum Gasteiger partial charge on any atom is 0.262 e. The highest BCUT2D eigenvalue weighted by molar-refractivity contribution is 7.99. The van der Waals surface area contributed by atoms with Crippen molar-refractivity contribution in [2.24, 2.45) is 5.92 Å². The molecule has 1 saturated carbocycles. The van der Waals surface area contributed by atoms with Crippen LogP contribution < -0.4 is 10.9 Å². The van der Waals surface area contributed by atoms with Gasteiger partial charge >= 0.3 is 0 Å². The van der Waals surface area contributed by atoms with Crippen molar-refractivity contribution >= 4 is 28.6 Å². The number of carbonyl (C=O) groups excluding carboxylic acids is 1. The Kier molecular flexibility index (Phi) is 6.70. The second kappa shape index (κ2) is 9.64. The van der Waals surface area contributed by atoms with Crippen LogP contribution >= 0.6 is 11.8 Å². The number of rotatable bonds is 6. The number of halogens is 1. The van der Waals surface area contributed by atoms with Gasteiger partial charge in [-0.05, 0) is 48.6 Å². The number of hydrogen-bond donors (Lipinski definition) is 1. The largest absolute Gasteiger partial charge is 0.352 e. The van der Waals surface area contributed by atoms with Crippen LogP contribution in [0.3, 0.4) is 0 Å². The molecule has 0 bridgehead atoms. The fourth-order valence-electron chi connectivity index (χ4n) is 4.08. The number of fused-ring (bicyclic) bond motifs is 1. The summed E-state index contributed by atoms with van der Waals surface area (Å²) in [5.41, 5.74) is 1.23. The highest BCUT2D eigenvalue weighted by atomic mass is 32.2. The van der Waals surface area contributed by atoms with E-state index in [-0.39, 0.29) is 35.6 Å². The molecule has 7 heteroatoms. The van der Waals surface area contributed by atoms with Crippen LogP contribution in [0, 0.1) is 11.7 Å². The summed E-state index contributed by atoms with van der Waals surface area (Å²) >= 11 is 1.26. The van der Waals surface area contributed by atoms with Gasteiger partial charge in [0.1, 0.15) is 5.82 Å². The van der Waals surface area contributed by atoms with E-state index in [0.717, 1.165) is 24.8 Å². The van der Waals surface area contributed by atoms with Gasteiger partial charge in [0.2, 0.25) is 5.91 Å². The van der Waals surface area contributed by atoms with Gasteiger partial charge in [-0.1, -0.05) is 55.8 Å². The van der Waals surface area contributed by atoms with E-state index in [1.54, 1.807) is 34.9 Å². The van der Waals surface area contributed by atoms with Gasteiger partial charge in [0, 0.05) is 6.04 Å². The number of nitrogens with zero attached hydrogens (tertiary/aromatic N) is 2. The summed E-state index contributed by atoms with van der Waals surface area (Å²) in [5.74, 6) is 0.311. The van der Waals surface area contributed by atoms with E-state index in [0.29, 0.717) is 22.0 Å². The molecule has 1 aliphatic carbocycles. The summed E-state index contributed by atoms with van der Waals surface area (Å²) in [4.78, 5) is 30.4. The molecular weight excluding hydrogens is 413 g/mol. The number of carbonyl (C=O) groups is 1. The lowest BCUT2D eigenvalue weighted by atomic mass is 9.86. The Morgan fingerprint density at radius 1 is 1.16 bits per heavy atom. The third-order valence-electron chi connectivity index (χ3n) is 5.87. The first-order chi connectivity index (χ1) is 15.0. The normalized spacial score (nSPS) is 18.8. The van der Waals surface area contributed by atoms with Crippen LogP contribution in [-0.4, -0.2) is 27.3 Å². The molecule has 2 aromatic carbocycles. The minimum atomic E-state index is -0.323. The second-order valence-electron chi connectivity index (χ2n) is 8.15. The Balaban J connectivity index is 1.57. The van der Waals surface area contributed by atoms with Gasteiger partial charge in [0.15, 0.2) is 5.16 Å². The molecule has 5 nitrogen and oxygen atoms in total. The first-order valence-corrected chi connectivity index (χ1v) is 11.7. The predicted octanol–water partition coefficient (Wildman–Crippen LogP) is 4.37. The molecule has 162 valence electrons. The predicted molar refractivity (Wildman–Crippen MR) is 122 cm³/mol. The SMILES string of the molecule is C[C@H]1CCCC[C@H]1NC(=O)CSc1nc2ccccc2c(=O)n1Cc1ccc(F)cc1. The van der Waals surface area contributed by atoms with E-state index >= 15 is 0 Å². The molecule has 0 spiro atoms. The van der Waals surface area contributed by atoms with Crippen molar-refractivity contribution in [1.82, 2.24) is 14.9 Å². The molecule has 1 amide bonds. The van der Waals surface area contributed by atoms with Gasteiger partial charge in [-0.2, -0.15) is 0 Å². The first-order valence-electron chi connectivity index (χ1n) is 10.7. The number of para-hydroxylation sites is 1. The maximum atomic E-state index is 13.3. The summed E-state index contributed by atoms with van der Waals surface area (Å²) < 4.78 is 14.9. The molecule has 1 heterocycles. The second-order valence-corrected chi connectivity index (χ2v) is 9.10. The van der Waals surface area contributed by atoms with Gasteiger partial charge in [-0.3, -0.25) is 14.2 Å². The van der Waals surface area contributed by atoms with E-state index in [1.165, 1.54) is 30.3 Å². The zero-order valence-electron chi connectivity index (χ0n) is 17.5. The molecule has 1 N–H and O–H groups in total. The number of amides is 1. The highest BCUT2D eigenvalue weighted by Gasteiger charge is 2.23. The Labute approximate surface area is 185 Å². The Hall–Kier alpha value is -2.67. The quantitative estimate of drug-likeness (QED) is 0.458. The molecule has 2 atom stereocenters. The van der Waals surface area contributed by atoms with E-state index in [9.17, 15) is 14.0 Å². The van der Waals surface area contributed by atoms with Gasteiger partial charge in [-0.25, -0.2) is 9.37 Å². The van der Waals surface area contributed by atoms with Crippen molar-refractivity contribution in [2.45, 2.75) is 50.4 Å². The molecule has 1 fully saturated rings. The molecule has 31 heavy (non-hydrogen) atoms. The van der Waals surface area contributed by atoms with Crippen LogP contribution in [0.1, 0.15) is 38.2 Å². The minimum Gasteiger partial charge on any atom is -0.352 e. The third-order valence-corrected chi connectivity index (χ3v) is 6.85. The molecular formula is C24H26FN3O2S. The average Bonchev–Trinajstić information content (AvgIpc) is 2.77. The fourth-order valence-corrected chi connectivity index (χ4v) is 4.89. The number of hydrogen-bond acceptors (Lipinski definition) is 4. The summed E-state index contributed by atoms with van der Waals surface area (Å²) in [6.07, 6.45) is 4.52. The molecule has 3 aromatic rings. The Morgan fingerprint density at radius 2 is 1.90 bits per heavy atom. The van der Waals surface area contributed by atoms with Crippen molar-refractivity contribution < 1.29 is 9.18 Å². The van der Waals surface area contributed by atoms with E-state index in [1.807, 2.05) is 6.07 Å². The topological polar surface area (TPSA) is 64.0 Å². The average molecular weight is 440 g/mol. The fraction of sp³-hybridized carbons (Fsp3) is 0.375. The highest BCUT2D eigenvalue weighted by Crippen LogP contribution is 2.24. The molecule has 1 aromatic heterocycles. The van der Waals surface area contributed by atoms with Crippen LogP contribution in [0.25, 0.3) is 10.9 Å². The number of nitrogens with one attached hydrogen (secondary N) is 1. The lowest BCUT2D eigenvalue weighted by Gasteiger charge is -2.29. The van der Waals surface area contributed by atoms with Crippen LogP contribution in [0.5, 0.6) is 0 Å². The molecule has 0 radical (unpaired) electrons. The van der Waals surface area contributed by atoms with Crippen molar-refractivity contribution in [3.63, 3.8) is 0 Å². The number of aromatic nitrogens is 2. The summed E-state index contributed by atoms with van der Waals surface area (Å²) in [6, 6.07) is 13.5. The Bertz CT molecular complexity index is 1130. The Morgan fingerprint density at radius 3 is 2.68 bits per heavy atom. The standard InChI is InChI=1S/C24H26FN3O2S/c1-16-6-2-4-8-20(16)26-22(29)15-31-24-27-21-9-5-3-7-19(21)23(30)28(24)14-17-10-12-18(25)13-11-17/h3,5,7,9-13,16,20H,2,4,6,8,14-15H2,1H3,(H,26,29)/t16-,20+/m0/s1. The van der Waals surface area contributed by atoms with Crippen LogP contribution in [-0.2, 0) is 11.3 Å². The van der Waals surface area contributed by atoms with Crippen LogP contribution in [0.4, 0.5) is 4.39 Å². The van der Waals surface area contributed by atoms with E-state index < -0.39 is 0 Å². The molecule has 0 unspecified atom stereocenters. The smallest absolute Gasteiger partial charge is 0.262 e. The summed E-state index contributed by atoms with van der Waals surface area (Å²) in [6.45, 7) is 2.45. The summed E-state index contributed by atoms with van der Waals surface area (Å²) in [5, 5.41) is 4.16. The first kappa shape index (κ1) is 21.6. The van der Waals surface area contributed by atoms with Crippen LogP contribution in [0.15, 0.2) is 58.5 Å². The van der Waals surface area contributed by atoms with Gasteiger partial charge in [0.25, 0.3) is 5.56 Å². The molecule has 0 saturated heterocycles. The van der Waals surface area contributed by atoms with E-state index in [4.69, 9.17) is 0 Å². The zero-order chi connectivity index (χ0) is 21.8.